The molecule has 0 saturated carbocycles. The second-order valence-electron chi connectivity index (χ2n) is 4.63. The van der Waals surface area contributed by atoms with Gasteiger partial charge in [0.15, 0.2) is 0 Å². The fourth-order valence-corrected chi connectivity index (χ4v) is 2.35. The maximum Gasteiger partial charge on any atom is 0.226 e. The highest BCUT2D eigenvalue weighted by molar-refractivity contribution is 9.10. The molecule has 0 unspecified atom stereocenters. The highest BCUT2D eigenvalue weighted by Crippen LogP contribution is 2.23. The minimum Gasteiger partial charge on any atom is -0.487 e. The Bertz CT molecular complexity index is 738. The van der Waals surface area contributed by atoms with Crippen LogP contribution in [0.15, 0.2) is 63.5 Å². The Morgan fingerprint density at radius 1 is 1.10 bits per heavy atom. The number of benzene rings is 2. The smallest absolute Gasteiger partial charge is 0.226 e. The van der Waals surface area contributed by atoms with E-state index in [-0.39, 0.29) is 0 Å². The molecule has 0 saturated heterocycles. The van der Waals surface area contributed by atoms with Crippen LogP contribution in [0, 0.1) is 6.92 Å². The van der Waals surface area contributed by atoms with Crippen molar-refractivity contribution in [3.63, 3.8) is 0 Å². The van der Waals surface area contributed by atoms with Gasteiger partial charge in [-0.2, -0.15) is 0 Å². The van der Waals surface area contributed by atoms with Gasteiger partial charge in [0, 0.05) is 10.0 Å². The molecule has 0 fully saturated rings. The molecule has 0 radical (unpaired) electrons. The van der Waals surface area contributed by atoms with E-state index < -0.39 is 0 Å². The van der Waals surface area contributed by atoms with E-state index in [1.807, 2.05) is 61.5 Å². The number of oxazole rings is 1. The lowest BCUT2D eigenvalue weighted by Crippen LogP contribution is -1.97. The van der Waals surface area contributed by atoms with Crippen molar-refractivity contribution in [2.24, 2.45) is 0 Å². The largest absolute Gasteiger partial charge is 0.487 e. The Hall–Kier alpha value is -2.07. The van der Waals surface area contributed by atoms with Crippen LogP contribution in [0.3, 0.4) is 0 Å². The van der Waals surface area contributed by atoms with Crippen molar-refractivity contribution in [3.8, 4) is 17.2 Å². The molecule has 4 heteroatoms. The van der Waals surface area contributed by atoms with E-state index in [1.54, 1.807) is 0 Å². The molecule has 1 aromatic heterocycles. The maximum absolute atomic E-state index is 5.75. The Morgan fingerprint density at radius 3 is 2.67 bits per heavy atom. The molecule has 3 rings (SSSR count). The van der Waals surface area contributed by atoms with Gasteiger partial charge in [-0.25, -0.2) is 4.98 Å². The summed E-state index contributed by atoms with van der Waals surface area (Å²) in [7, 11) is 0. The Kier molecular flexibility index (Phi) is 4.06. The topological polar surface area (TPSA) is 35.3 Å². The molecule has 0 spiro atoms. The first-order valence-electron chi connectivity index (χ1n) is 6.62. The summed E-state index contributed by atoms with van der Waals surface area (Å²) in [6.07, 6.45) is 0. The predicted molar refractivity (Wildman–Crippen MR) is 85.2 cm³/mol. The lowest BCUT2D eigenvalue weighted by molar-refractivity contribution is 0.299. The molecule has 1 heterocycles. The van der Waals surface area contributed by atoms with Gasteiger partial charge in [-0.1, -0.05) is 40.2 Å². The summed E-state index contributed by atoms with van der Waals surface area (Å²) in [4.78, 5) is 4.51. The Balaban J connectivity index is 1.76. The van der Waals surface area contributed by atoms with Crippen LogP contribution in [-0.4, -0.2) is 4.98 Å². The summed E-state index contributed by atoms with van der Waals surface area (Å²) in [5.74, 6) is 2.21. The fourth-order valence-electron chi connectivity index (χ4n) is 1.97. The highest BCUT2D eigenvalue weighted by Gasteiger charge is 2.11. The lowest BCUT2D eigenvalue weighted by atomic mass is 10.2. The van der Waals surface area contributed by atoms with Crippen LogP contribution in [-0.2, 0) is 6.61 Å². The predicted octanol–water partition coefficient (Wildman–Crippen LogP) is 4.99. The third-order valence-corrected chi connectivity index (χ3v) is 3.58. The lowest BCUT2D eigenvalue weighted by Gasteiger charge is -2.04. The summed E-state index contributed by atoms with van der Waals surface area (Å²) in [5.41, 5.74) is 1.78. The molecule has 21 heavy (non-hydrogen) atoms. The number of hydrogen-bond acceptors (Lipinski definition) is 3. The third kappa shape index (κ3) is 3.34. The summed E-state index contributed by atoms with van der Waals surface area (Å²) in [6, 6.07) is 17.6. The van der Waals surface area contributed by atoms with Gasteiger partial charge in [0.05, 0.1) is 0 Å². The standard InChI is InChI=1S/C17H14BrNO2/c1-12-16(11-20-15-9-5-8-14(18)10-15)19-17(21-12)13-6-3-2-4-7-13/h2-10H,11H2,1H3. The number of nitrogens with zero attached hydrogens (tertiary/aromatic N) is 1. The van der Waals surface area contributed by atoms with Gasteiger partial charge in [0.1, 0.15) is 23.8 Å². The third-order valence-electron chi connectivity index (χ3n) is 3.09. The van der Waals surface area contributed by atoms with Crippen molar-refractivity contribution >= 4 is 15.9 Å². The van der Waals surface area contributed by atoms with Crippen molar-refractivity contribution < 1.29 is 9.15 Å². The normalized spacial score (nSPS) is 10.6. The molecule has 3 aromatic rings. The second-order valence-corrected chi connectivity index (χ2v) is 5.55. The van der Waals surface area contributed by atoms with Gasteiger partial charge >= 0.3 is 0 Å². The molecule has 0 N–H and O–H groups in total. The fraction of sp³-hybridized carbons (Fsp3) is 0.118. The molecular formula is C17H14BrNO2. The van der Waals surface area contributed by atoms with Crippen LogP contribution in [0.2, 0.25) is 0 Å². The first-order chi connectivity index (χ1) is 10.2. The number of ether oxygens (including phenoxy) is 1. The molecule has 3 nitrogen and oxygen atoms in total. The monoisotopic (exact) mass is 343 g/mol. The summed E-state index contributed by atoms with van der Waals surface area (Å²) >= 11 is 3.42. The first kappa shape index (κ1) is 13.9. The zero-order chi connectivity index (χ0) is 14.7. The molecule has 0 aliphatic carbocycles. The molecule has 0 aliphatic heterocycles. The van der Waals surface area contributed by atoms with Crippen molar-refractivity contribution in [2.75, 3.05) is 0 Å². The van der Waals surface area contributed by atoms with Crippen LogP contribution >= 0.6 is 15.9 Å². The summed E-state index contributed by atoms with van der Waals surface area (Å²) in [5, 5.41) is 0. The molecule has 0 atom stereocenters. The minimum absolute atomic E-state index is 0.388. The van der Waals surface area contributed by atoms with E-state index in [0.717, 1.165) is 27.2 Å². The van der Waals surface area contributed by atoms with Crippen LogP contribution in [0.5, 0.6) is 5.75 Å². The van der Waals surface area contributed by atoms with Crippen molar-refractivity contribution in [2.45, 2.75) is 13.5 Å². The van der Waals surface area contributed by atoms with E-state index in [9.17, 15) is 0 Å². The van der Waals surface area contributed by atoms with Crippen LogP contribution in [0.1, 0.15) is 11.5 Å². The van der Waals surface area contributed by atoms with Gasteiger partial charge in [-0.05, 0) is 37.3 Å². The average Bonchev–Trinajstić information content (AvgIpc) is 2.87. The van der Waals surface area contributed by atoms with Crippen molar-refractivity contribution in [3.05, 3.63) is 70.5 Å². The van der Waals surface area contributed by atoms with Gasteiger partial charge in [0.2, 0.25) is 5.89 Å². The summed E-state index contributed by atoms with van der Waals surface area (Å²) < 4.78 is 12.5. The molecule has 0 aliphatic rings. The number of halogens is 1. The Morgan fingerprint density at radius 2 is 1.90 bits per heavy atom. The van der Waals surface area contributed by atoms with Crippen molar-refractivity contribution in [1.29, 1.82) is 0 Å². The van der Waals surface area contributed by atoms with E-state index in [0.29, 0.717) is 12.5 Å². The van der Waals surface area contributed by atoms with Crippen LogP contribution in [0.4, 0.5) is 0 Å². The van der Waals surface area contributed by atoms with Gasteiger partial charge < -0.3 is 9.15 Å². The minimum atomic E-state index is 0.388. The second kappa shape index (κ2) is 6.14. The quantitative estimate of drug-likeness (QED) is 0.669. The summed E-state index contributed by atoms with van der Waals surface area (Å²) in [6.45, 7) is 2.29. The van der Waals surface area contributed by atoms with E-state index >= 15 is 0 Å². The Labute approximate surface area is 131 Å². The zero-order valence-electron chi connectivity index (χ0n) is 11.5. The van der Waals surface area contributed by atoms with Gasteiger partial charge in [-0.3, -0.25) is 0 Å². The highest BCUT2D eigenvalue weighted by atomic mass is 79.9. The average molecular weight is 344 g/mol. The van der Waals surface area contributed by atoms with E-state index in [4.69, 9.17) is 9.15 Å². The first-order valence-corrected chi connectivity index (χ1v) is 7.42. The van der Waals surface area contributed by atoms with Crippen LogP contribution in [0.25, 0.3) is 11.5 Å². The number of aromatic nitrogens is 1. The maximum atomic E-state index is 5.75. The zero-order valence-corrected chi connectivity index (χ0v) is 13.1. The molecular weight excluding hydrogens is 330 g/mol. The van der Waals surface area contributed by atoms with Crippen molar-refractivity contribution in [1.82, 2.24) is 4.98 Å². The number of hydrogen-bond donors (Lipinski definition) is 0. The van der Waals surface area contributed by atoms with Gasteiger partial charge in [-0.15, -0.1) is 0 Å². The molecule has 0 bridgehead atoms. The molecule has 2 aromatic carbocycles. The SMILES string of the molecule is Cc1oc(-c2ccccc2)nc1COc1cccc(Br)c1. The van der Waals surface area contributed by atoms with E-state index in [1.165, 1.54) is 0 Å². The van der Waals surface area contributed by atoms with E-state index in [2.05, 4.69) is 20.9 Å². The van der Waals surface area contributed by atoms with Gasteiger partial charge in [0.25, 0.3) is 0 Å². The number of rotatable bonds is 4. The molecule has 106 valence electrons. The number of aryl methyl sites for hydroxylation is 1. The molecule has 0 amide bonds. The van der Waals surface area contributed by atoms with Crippen LogP contribution < -0.4 is 4.74 Å².